The molecule has 1 rings (SSSR count). The summed E-state index contributed by atoms with van der Waals surface area (Å²) in [6, 6.07) is -0.0415. The number of carbonyl (C=O) groups excluding carboxylic acids is 1. The van der Waals surface area contributed by atoms with Crippen LogP contribution in [0.15, 0.2) is 0 Å². The molecule has 1 aliphatic rings. The van der Waals surface area contributed by atoms with Crippen molar-refractivity contribution >= 4 is 23.2 Å². The molecule has 2 amide bonds. The average molecular weight is 201 g/mol. The van der Waals surface area contributed by atoms with E-state index in [0.29, 0.717) is 4.99 Å². The average Bonchev–Trinajstić information content (AvgIpc) is 2.50. The van der Waals surface area contributed by atoms with Gasteiger partial charge in [-0.05, 0) is 12.8 Å². The second kappa shape index (κ2) is 3.91. The monoisotopic (exact) mass is 201 g/mol. The molecule has 0 spiro atoms. The molecule has 1 atom stereocenters. The van der Waals surface area contributed by atoms with Crippen molar-refractivity contribution in [2.75, 3.05) is 20.6 Å². The SMILES string of the molecule is CN(C)C(=O)N1CCCC1C(N)=S. The molecule has 0 aromatic heterocycles. The first kappa shape index (κ1) is 10.2. The van der Waals surface area contributed by atoms with Gasteiger partial charge in [0.15, 0.2) is 0 Å². The van der Waals surface area contributed by atoms with E-state index >= 15 is 0 Å². The van der Waals surface area contributed by atoms with Gasteiger partial charge in [0.1, 0.15) is 0 Å². The van der Waals surface area contributed by atoms with Gasteiger partial charge in [-0.15, -0.1) is 0 Å². The molecule has 1 fully saturated rings. The minimum absolute atomic E-state index is 0.00435. The highest BCUT2D eigenvalue weighted by atomic mass is 32.1. The summed E-state index contributed by atoms with van der Waals surface area (Å²) >= 11 is 4.90. The van der Waals surface area contributed by atoms with Gasteiger partial charge < -0.3 is 15.5 Å². The molecule has 0 radical (unpaired) electrons. The maximum atomic E-state index is 11.6. The summed E-state index contributed by atoms with van der Waals surface area (Å²) in [6.45, 7) is 0.763. The van der Waals surface area contributed by atoms with E-state index in [1.54, 1.807) is 23.9 Å². The number of carbonyl (C=O) groups is 1. The third kappa shape index (κ3) is 2.09. The predicted octanol–water partition coefficient (Wildman–Crippen LogP) is 0.419. The molecule has 5 heteroatoms. The van der Waals surface area contributed by atoms with Crippen LogP contribution in [0.1, 0.15) is 12.8 Å². The molecule has 74 valence electrons. The lowest BCUT2D eigenvalue weighted by Gasteiger charge is -2.26. The van der Waals surface area contributed by atoms with Crippen molar-refractivity contribution in [3.63, 3.8) is 0 Å². The number of nitrogens with zero attached hydrogens (tertiary/aromatic N) is 2. The lowest BCUT2D eigenvalue weighted by molar-refractivity contribution is 0.176. The van der Waals surface area contributed by atoms with Crippen LogP contribution >= 0.6 is 12.2 Å². The fourth-order valence-corrected chi connectivity index (χ4v) is 1.79. The number of urea groups is 1. The molecule has 4 nitrogen and oxygen atoms in total. The Morgan fingerprint density at radius 3 is 2.69 bits per heavy atom. The Kier molecular flexibility index (Phi) is 3.08. The summed E-state index contributed by atoms with van der Waals surface area (Å²) in [7, 11) is 3.47. The lowest BCUT2D eigenvalue weighted by Crippen LogP contribution is -2.47. The van der Waals surface area contributed by atoms with E-state index in [0.717, 1.165) is 19.4 Å². The van der Waals surface area contributed by atoms with Crippen molar-refractivity contribution in [2.45, 2.75) is 18.9 Å². The minimum atomic E-state index is -0.0371. The van der Waals surface area contributed by atoms with E-state index in [2.05, 4.69) is 0 Å². The van der Waals surface area contributed by atoms with E-state index in [1.807, 2.05) is 0 Å². The van der Waals surface area contributed by atoms with Crippen molar-refractivity contribution < 1.29 is 4.79 Å². The molecule has 0 saturated carbocycles. The first-order valence-corrected chi connectivity index (χ1v) is 4.72. The van der Waals surface area contributed by atoms with Crippen molar-refractivity contribution in [2.24, 2.45) is 5.73 Å². The van der Waals surface area contributed by atoms with Gasteiger partial charge in [0.2, 0.25) is 0 Å². The Balaban J connectivity index is 2.68. The van der Waals surface area contributed by atoms with Crippen LogP contribution in [0, 0.1) is 0 Å². The van der Waals surface area contributed by atoms with E-state index < -0.39 is 0 Å². The fourth-order valence-electron chi connectivity index (χ4n) is 1.55. The molecule has 0 aromatic carbocycles. The van der Waals surface area contributed by atoms with Gasteiger partial charge in [-0.1, -0.05) is 12.2 Å². The maximum Gasteiger partial charge on any atom is 0.320 e. The largest absolute Gasteiger partial charge is 0.392 e. The van der Waals surface area contributed by atoms with Crippen LogP contribution in [0.3, 0.4) is 0 Å². The van der Waals surface area contributed by atoms with Gasteiger partial charge in [-0.25, -0.2) is 4.79 Å². The van der Waals surface area contributed by atoms with Gasteiger partial charge >= 0.3 is 6.03 Å². The molecule has 1 unspecified atom stereocenters. The summed E-state index contributed by atoms with van der Waals surface area (Å²) in [6.07, 6.45) is 1.89. The number of hydrogen-bond donors (Lipinski definition) is 1. The van der Waals surface area contributed by atoms with Crippen molar-refractivity contribution in [1.29, 1.82) is 0 Å². The van der Waals surface area contributed by atoms with Crippen LogP contribution in [-0.4, -0.2) is 47.5 Å². The summed E-state index contributed by atoms with van der Waals surface area (Å²) < 4.78 is 0. The van der Waals surface area contributed by atoms with Gasteiger partial charge in [0.25, 0.3) is 0 Å². The van der Waals surface area contributed by atoms with Crippen molar-refractivity contribution in [3.8, 4) is 0 Å². The number of rotatable bonds is 1. The quantitative estimate of drug-likeness (QED) is 0.625. The van der Waals surface area contributed by atoms with Gasteiger partial charge in [0.05, 0.1) is 11.0 Å². The Morgan fingerprint density at radius 2 is 2.23 bits per heavy atom. The summed E-state index contributed by atoms with van der Waals surface area (Å²) in [5, 5.41) is 0. The first-order chi connectivity index (χ1) is 6.04. The number of likely N-dealkylation sites (tertiary alicyclic amines) is 1. The standard InChI is InChI=1S/C8H15N3OS/c1-10(2)8(12)11-5-3-4-6(11)7(9)13/h6H,3-5H2,1-2H3,(H2,9,13). The van der Waals surface area contributed by atoms with Crippen LogP contribution in [0.25, 0.3) is 0 Å². The molecule has 0 bridgehead atoms. The van der Waals surface area contributed by atoms with Crippen LogP contribution in [0.2, 0.25) is 0 Å². The van der Waals surface area contributed by atoms with Gasteiger partial charge in [-0.3, -0.25) is 0 Å². The number of nitrogens with two attached hydrogens (primary N) is 1. The topological polar surface area (TPSA) is 49.6 Å². The summed E-state index contributed by atoms with van der Waals surface area (Å²) in [5.41, 5.74) is 5.55. The molecule has 1 heterocycles. The maximum absolute atomic E-state index is 11.6. The Hall–Kier alpha value is -0.840. The second-order valence-electron chi connectivity index (χ2n) is 3.43. The number of amides is 2. The Labute approximate surface area is 83.7 Å². The Bertz CT molecular complexity index is 229. The van der Waals surface area contributed by atoms with Crippen molar-refractivity contribution in [3.05, 3.63) is 0 Å². The molecule has 2 N–H and O–H groups in total. The zero-order valence-corrected chi connectivity index (χ0v) is 8.80. The van der Waals surface area contributed by atoms with Crippen LogP contribution in [0.4, 0.5) is 4.79 Å². The molecule has 13 heavy (non-hydrogen) atoms. The molecule has 0 aliphatic carbocycles. The minimum Gasteiger partial charge on any atom is -0.392 e. The highest BCUT2D eigenvalue weighted by Crippen LogP contribution is 2.18. The normalized spacial score (nSPS) is 21.7. The fraction of sp³-hybridized carbons (Fsp3) is 0.750. The molecule has 1 aliphatic heterocycles. The van der Waals surface area contributed by atoms with Crippen LogP contribution in [-0.2, 0) is 0 Å². The van der Waals surface area contributed by atoms with E-state index in [4.69, 9.17) is 18.0 Å². The molecular weight excluding hydrogens is 186 g/mol. The smallest absolute Gasteiger partial charge is 0.320 e. The van der Waals surface area contributed by atoms with E-state index in [9.17, 15) is 4.79 Å². The number of thiocarbonyl (C=S) groups is 1. The second-order valence-corrected chi connectivity index (χ2v) is 3.90. The predicted molar refractivity (Wildman–Crippen MR) is 55.6 cm³/mol. The zero-order valence-electron chi connectivity index (χ0n) is 7.99. The third-order valence-electron chi connectivity index (χ3n) is 2.21. The van der Waals surface area contributed by atoms with E-state index in [1.165, 1.54) is 0 Å². The lowest BCUT2D eigenvalue weighted by atomic mass is 10.2. The van der Waals surface area contributed by atoms with Gasteiger partial charge in [-0.2, -0.15) is 0 Å². The van der Waals surface area contributed by atoms with Crippen molar-refractivity contribution in [1.82, 2.24) is 9.80 Å². The molecule has 1 saturated heterocycles. The molecule has 0 aromatic rings. The Morgan fingerprint density at radius 1 is 1.62 bits per heavy atom. The molecular formula is C8H15N3OS. The van der Waals surface area contributed by atoms with Gasteiger partial charge in [0, 0.05) is 20.6 Å². The highest BCUT2D eigenvalue weighted by molar-refractivity contribution is 7.80. The van der Waals surface area contributed by atoms with Crippen LogP contribution < -0.4 is 5.73 Å². The van der Waals surface area contributed by atoms with E-state index in [-0.39, 0.29) is 12.1 Å². The third-order valence-corrected chi connectivity index (χ3v) is 2.48. The van der Waals surface area contributed by atoms with Crippen LogP contribution in [0.5, 0.6) is 0 Å². The summed E-state index contributed by atoms with van der Waals surface area (Å²) in [5.74, 6) is 0. The first-order valence-electron chi connectivity index (χ1n) is 4.31. The highest BCUT2D eigenvalue weighted by Gasteiger charge is 2.31. The number of hydrogen-bond acceptors (Lipinski definition) is 2. The zero-order chi connectivity index (χ0) is 10.0. The summed E-state index contributed by atoms with van der Waals surface area (Å²) in [4.78, 5) is 15.3.